The van der Waals surface area contributed by atoms with Crippen LogP contribution in [0.4, 0.5) is 0 Å². The van der Waals surface area contributed by atoms with Gasteiger partial charge in [0.25, 0.3) is 0 Å². The molecule has 2 amide bonds. The number of carbonyl (C=O) groups is 2. The first-order valence-corrected chi connectivity index (χ1v) is 10.4. The molecule has 1 N–H and O–H groups in total. The average molecular weight is 365 g/mol. The number of piperazine rings is 1. The van der Waals surface area contributed by atoms with E-state index in [1.807, 2.05) is 18.7 Å². The highest BCUT2D eigenvalue weighted by molar-refractivity contribution is 5.79. The van der Waals surface area contributed by atoms with Gasteiger partial charge in [-0.2, -0.15) is 0 Å². The molecule has 0 aromatic rings. The van der Waals surface area contributed by atoms with Crippen LogP contribution in [0.2, 0.25) is 0 Å². The van der Waals surface area contributed by atoms with Gasteiger partial charge in [0.1, 0.15) is 0 Å². The van der Waals surface area contributed by atoms with Crippen LogP contribution in [0.5, 0.6) is 0 Å². The van der Waals surface area contributed by atoms with Crippen molar-refractivity contribution in [1.82, 2.24) is 20.0 Å². The van der Waals surface area contributed by atoms with Crippen LogP contribution in [0.3, 0.4) is 0 Å². The molecule has 3 aliphatic rings. The minimum Gasteiger partial charge on any atom is -0.353 e. The van der Waals surface area contributed by atoms with Crippen molar-refractivity contribution in [1.29, 1.82) is 0 Å². The summed E-state index contributed by atoms with van der Waals surface area (Å²) in [6.45, 7) is 15.3. The molecule has 0 bridgehead atoms. The summed E-state index contributed by atoms with van der Waals surface area (Å²) in [6.07, 6.45) is 1.66. The number of nitrogens with one attached hydrogen (secondary N) is 1. The van der Waals surface area contributed by atoms with Crippen LogP contribution in [-0.4, -0.2) is 84.4 Å². The third-order valence-electron chi connectivity index (χ3n) is 6.55. The zero-order valence-corrected chi connectivity index (χ0v) is 16.9. The van der Waals surface area contributed by atoms with Crippen LogP contribution in [0.15, 0.2) is 0 Å². The molecule has 0 radical (unpaired) electrons. The Hall–Kier alpha value is -1.14. The topological polar surface area (TPSA) is 55.9 Å². The number of rotatable bonds is 6. The quantitative estimate of drug-likeness (QED) is 0.765. The Morgan fingerprint density at radius 2 is 1.73 bits per heavy atom. The van der Waals surface area contributed by atoms with E-state index >= 15 is 0 Å². The first kappa shape index (κ1) is 19.6. The zero-order valence-electron chi connectivity index (χ0n) is 16.9. The molecule has 1 saturated carbocycles. The number of carbonyl (C=O) groups excluding carboxylic acids is 2. The van der Waals surface area contributed by atoms with E-state index in [0.29, 0.717) is 30.2 Å². The Kier molecular flexibility index (Phi) is 6.23. The van der Waals surface area contributed by atoms with E-state index in [-0.39, 0.29) is 17.9 Å². The Morgan fingerprint density at radius 3 is 2.35 bits per heavy atom. The summed E-state index contributed by atoms with van der Waals surface area (Å²) in [4.78, 5) is 31.5. The molecule has 0 spiro atoms. The van der Waals surface area contributed by atoms with E-state index in [2.05, 4.69) is 29.0 Å². The van der Waals surface area contributed by atoms with Crippen LogP contribution in [0.25, 0.3) is 0 Å². The van der Waals surface area contributed by atoms with Crippen molar-refractivity contribution >= 4 is 11.8 Å². The SMILES string of the molecule is CC(C)C(=O)NC1C[C@@H]2CN(C(=O)CCN3CCN(C(C)C)CC3)C[C@H]12. The Morgan fingerprint density at radius 1 is 1.04 bits per heavy atom. The number of hydrogen-bond donors (Lipinski definition) is 1. The molecule has 3 atom stereocenters. The maximum Gasteiger partial charge on any atom is 0.223 e. The van der Waals surface area contributed by atoms with Crippen molar-refractivity contribution in [2.24, 2.45) is 17.8 Å². The number of amides is 2. The molecule has 2 saturated heterocycles. The fraction of sp³-hybridized carbons (Fsp3) is 0.900. The molecule has 0 aromatic heterocycles. The Labute approximate surface area is 158 Å². The largest absolute Gasteiger partial charge is 0.353 e. The van der Waals surface area contributed by atoms with E-state index in [1.165, 1.54) is 0 Å². The standard InChI is InChI=1S/C20H36N4O2/c1-14(2)20(26)21-18-11-16-12-24(13-17(16)18)19(25)5-6-22-7-9-23(10-8-22)15(3)4/h14-18H,5-13H2,1-4H3,(H,21,26)/t16-,17+,18?/m1/s1. The van der Waals surface area contributed by atoms with Gasteiger partial charge in [0.2, 0.25) is 11.8 Å². The fourth-order valence-electron chi connectivity index (χ4n) is 4.54. The maximum atomic E-state index is 12.6. The lowest BCUT2D eigenvalue weighted by Gasteiger charge is -2.39. The summed E-state index contributed by atoms with van der Waals surface area (Å²) in [5, 5.41) is 3.15. The highest BCUT2D eigenvalue weighted by atomic mass is 16.2. The summed E-state index contributed by atoms with van der Waals surface area (Å²) in [7, 11) is 0. The van der Waals surface area contributed by atoms with Gasteiger partial charge in [-0.1, -0.05) is 13.8 Å². The number of nitrogens with zero attached hydrogens (tertiary/aromatic N) is 3. The van der Waals surface area contributed by atoms with Crippen LogP contribution in [0.1, 0.15) is 40.5 Å². The van der Waals surface area contributed by atoms with Gasteiger partial charge in [0.05, 0.1) is 0 Å². The molecule has 1 aliphatic carbocycles. The van der Waals surface area contributed by atoms with Gasteiger partial charge in [0.15, 0.2) is 0 Å². The van der Waals surface area contributed by atoms with Gasteiger partial charge in [-0.05, 0) is 26.2 Å². The molecule has 6 nitrogen and oxygen atoms in total. The molecule has 6 heteroatoms. The second kappa shape index (κ2) is 8.26. The first-order valence-electron chi connectivity index (χ1n) is 10.4. The van der Waals surface area contributed by atoms with Crippen LogP contribution in [0, 0.1) is 17.8 Å². The van der Waals surface area contributed by atoms with Crippen molar-refractivity contribution in [3.63, 3.8) is 0 Å². The van der Waals surface area contributed by atoms with E-state index in [1.54, 1.807) is 0 Å². The van der Waals surface area contributed by atoms with Gasteiger partial charge in [-0.15, -0.1) is 0 Å². The van der Waals surface area contributed by atoms with Gasteiger partial charge in [0, 0.05) is 76.2 Å². The van der Waals surface area contributed by atoms with Crippen LogP contribution >= 0.6 is 0 Å². The molecule has 148 valence electrons. The highest BCUT2D eigenvalue weighted by Crippen LogP contribution is 2.41. The third kappa shape index (κ3) is 4.39. The zero-order chi connectivity index (χ0) is 18.8. The maximum absolute atomic E-state index is 12.6. The molecule has 2 aliphatic heterocycles. The summed E-state index contributed by atoms with van der Waals surface area (Å²) < 4.78 is 0. The molecule has 26 heavy (non-hydrogen) atoms. The Balaban J connectivity index is 1.37. The summed E-state index contributed by atoms with van der Waals surface area (Å²) in [5.74, 6) is 1.52. The van der Waals surface area contributed by atoms with Crippen molar-refractivity contribution < 1.29 is 9.59 Å². The van der Waals surface area contributed by atoms with Gasteiger partial charge in [-0.25, -0.2) is 0 Å². The fourth-order valence-corrected chi connectivity index (χ4v) is 4.54. The van der Waals surface area contributed by atoms with Crippen molar-refractivity contribution in [3.05, 3.63) is 0 Å². The second-order valence-electron chi connectivity index (χ2n) is 8.95. The minimum absolute atomic E-state index is 0.0318. The summed E-state index contributed by atoms with van der Waals surface area (Å²) >= 11 is 0. The lowest BCUT2D eigenvalue weighted by molar-refractivity contribution is -0.130. The van der Waals surface area contributed by atoms with E-state index in [0.717, 1.165) is 52.2 Å². The minimum atomic E-state index is 0.0318. The van der Waals surface area contributed by atoms with Crippen molar-refractivity contribution in [2.75, 3.05) is 45.8 Å². The number of fused-ring (bicyclic) bond motifs is 1. The van der Waals surface area contributed by atoms with Gasteiger partial charge in [-0.3, -0.25) is 14.5 Å². The van der Waals surface area contributed by atoms with E-state index < -0.39 is 0 Å². The number of likely N-dealkylation sites (tertiary alicyclic amines) is 1. The van der Waals surface area contributed by atoms with Crippen LogP contribution in [-0.2, 0) is 9.59 Å². The average Bonchev–Trinajstić information content (AvgIpc) is 2.94. The number of hydrogen-bond acceptors (Lipinski definition) is 4. The summed E-state index contributed by atoms with van der Waals surface area (Å²) in [5.41, 5.74) is 0. The first-order chi connectivity index (χ1) is 12.3. The predicted molar refractivity (Wildman–Crippen MR) is 103 cm³/mol. The predicted octanol–water partition coefficient (Wildman–Crippen LogP) is 1.02. The Bertz CT molecular complexity index is 514. The van der Waals surface area contributed by atoms with Crippen molar-refractivity contribution in [2.45, 2.75) is 52.6 Å². The third-order valence-corrected chi connectivity index (χ3v) is 6.55. The van der Waals surface area contributed by atoms with Gasteiger partial charge >= 0.3 is 0 Å². The lowest BCUT2D eigenvalue weighted by Crippen LogP contribution is -2.52. The lowest BCUT2D eigenvalue weighted by atomic mass is 9.71. The molecular weight excluding hydrogens is 328 g/mol. The van der Waals surface area contributed by atoms with E-state index in [4.69, 9.17) is 0 Å². The molecule has 0 aromatic carbocycles. The monoisotopic (exact) mass is 364 g/mol. The molecule has 1 unspecified atom stereocenters. The molecule has 3 fully saturated rings. The van der Waals surface area contributed by atoms with Crippen LogP contribution < -0.4 is 5.32 Å². The highest BCUT2D eigenvalue weighted by Gasteiger charge is 2.48. The van der Waals surface area contributed by atoms with Crippen molar-refractivity contribution in [3.8, 4) is 0 Å². The molecule has 2 heterocycles. The second-order valence-corrected chi connectivity index (χ2v) is 8.95. The van der Waals surface area contributed by atoms with E-state index in [9.17, 15) is 9.59 Å². The normalized spacial score (nSPS) is 29.8. The molecular formula is C20H36N4O2. The summed E-state index contributed by atoms with van der Waals surface area (Å²) in [6, 6.07) is 0.889. The van der Waals surface area contributed by atoms with Gasteiger partial charge < -0.3 is 15.1 Å². The molecule has 3 rings (SSSR count). The smallest absolute Gasteiger partial charge is 0.223 e.